The number of nitrogens with zero attached hydrogens (tertiary/aromatic N) is 2. The minimum absolute atomic E-state index is 0.0327. The van der Waals surface area contributed by atoms with Crippen LogP contribution < -0.4 is 14.5 Å². The molecule has 4 aromatic carbocycles. The topological polar surface area (TPSA) is 123 Å². The van der Waals surface area contributed by atoms with Crippen LogP contribution >= 0.6 is 0 Å². The van der Waals surface area contributed by atoms with E-state index in [-0.39, 0.29) is 35.7 Å². The van der Waals surface area contributed by atoms with Crippen molar-refractivity contribution in [2.45, 2.75) is 76.4 Å². The fraction of sp³-hybridized carbons (Fsp3) is 0.326. The predicted octanol–water partition coefficient (Wildman–Crippen LogP) is 8.27. The highest BCUT2D eigenvalue weighted by molar-refractivity contribution is 5.87. The molecule has 1 fully saturated rings. The van der Waals surface area contributed by atoms with Gasteiger partial charge in [0.15, 0.2) is 29.2 Å². The molecule has 3 atom stereocenters. The number of fused-ring (bicyclic) bond motifs is 1. The number of Topliss-reactive ketones (excluding diaryl/α,β-unsaturated/α-hetero) is 1. The van der Waals surface area contributed by atoms with Gasteiger partial charge in [0.05, 0.1) is 25.4 Å². The molecule has 7 rings (SSSR count). The molecule has 5 aromatic rings. The van der Waals surface area contributed by atoms with Gasteiger partial charge in [-0.3, -0.25) is 4.79 Å². The minimum atomic E-state index is -0.959. The van der Waals surface area contributed by atoms with Gasteiger partial charge in [-0.05, 0) is 96.5 Å². The van der Waals surface area contributed by atoms with Gasteiger partial charge in [0.1, 0.15) is 17.9 Å². The highest BCUT2D eigenvalue weighted by Crippen LogP contribution is 2.38. The summed E-state index contributed by atoms with van der Waals surface area (Å²) in [6.45, 7) is 1.73. The lowest BCUT2D eigenvalue weighted by Crippen LogP contribution is -2.31. The lowest BCUT2D eigenvalue weighted by atomic mass is 9.81. The minimum Gasteiger partial charge on any atom is -0.670 e. The quantitative estimate of drug-likeness (QED) is 0.0826. The number of ketones is 1. The molecule has 54 heavy (non-hydrogen) atoms. The Morgan fingerprint density at radius 3 is 2.50 bits per heavy atom. The largest absolute Gasteiger partial charge is 0.670 e. The number of aromatic hydroxyl groups is 2. The third kappa shape index (κ3) is 8.83. The van der Waals surface area contributed by atoms with Crippen LogP contribution in [0.1, 0.15) is 66.3 Å². The molecule has 0 saturated heterocycles. The first kappa shape index (κ1) is 36.9. The van der Waals surface area contributed by atoms with Crippen molar-refractivity contribution in [1.29, 1.82) is 0 Å². The third-order valence-electron chi connectivity index (χ3n) is 11.0. The zero-order valence-corrected chi connectivity index (χ0v) is 30.7. The molecule has 2 aliphatic rings. The molecule has 8 heteroatoms. The van der Waals surface area contributed by atoms with E-state index >= 15 is 0 Å². The zero-order chi connectivity index (χ0) is 37.4. The summed E-state index contributed by atoms with van der Waals surface area (Å²) in [5.74, 6) is 0.213. The van der Waals surface area contributed by atoms with Crippen molar-refractivity contribution in [3.63, 3.8) is 0 Å². The molecule has 1 aliphatic heterocycles. The first-order valence-corrected chi connectivity index (χ1v) is 19.0. The van der Waals surface area contributed by atoms with E-state index in [1.54, 1.807) is 44.4 Å². The molecule has 278 valence electrons. The van der Waals surface area contributed by atoms with Crippen molar-refractivity contribution in [1.82, 2.24) is 4.98 Å². The van der Waals surface area contributed by atoms with Crippen LogP contribution in [0.5, 0.6) is 23.0 Å². The van der Waals surface area contributed by atoms with Gasteiger partial charge in [0.25, 0.3) is 0 Å². The number of hydrogen-bond donors (Lipinski definition) is 3. The second-order valence-electron chi connectivity index (χ2n) is 14.7. The van der Waals surface area contributed by atoms with Crippen LogP contribution in [0.3, 0.4) is 0 Å². The maximum Gasteiger partial charge on any atom is 0.176 e. The number of phenols is 2. The normalized spacial score (nSPS) is 15.9. The lowest BCUT2D eigenvalue weighted by Gasteiger charge is -2.26. The smallest absolute Gasteiger partial charge is 0.176 e. The zero-order valence-electron chi connectivity index (χ0n) is 30.7. The van der Waals surface area contributed by atoms with E-state index in [9.17, 15) is 20.1 Å². The summed E-state index contributed by atoms with van der Waals surface area (Å²) in [7, 11) is 1.56. The summed E-state index contributed by atoms with van der Waals surface area (Å²) < 4.78 is 12.0. The number of aliphatic hydroxyl groups excluding tert-OH is 1. The van der Waals surface area contributed by atoms with Gasteiger partial charge in [0, 0.05) is 30.7 Å². The number of aliphatic hydroxyl groups is 1. The first-order chi connectivity index (χ1) is 26.3. The monoisotopic (exact) mass is 724 g/mol. The van der Waals surface area contributed by atoms with E-state index in [1.807, 2.05) is 48.5 Å². The highest BCUT2D eigenvalue weighted by atomic mass is 16.5. The van der Waals surface area contributed by atoms with Gasteiger partial charge in [-0.15, -0.1) is 4.99 Å². The van der Waals surface area contributed by atoms with Crippen molar-refractivity contribution in [2.24, 2.45) is 16.8 Å². The van der Waals surface area contributed by atoms with Crippen molar-refractivity contribution >= 4 is 22.8 Å². The number of methoxy groups -OCH3 is 1. The Balaban J connectivity index is 1.15. The van der Waals surface area contributed by atoms with Crippen molar-refractivity contribution < 1.29 is 29.6 Å². The average molecular weight is 725 g/mol. The van der Waals surface area contributed by atoms with E-state index < -0.39 is 12.0 Å². The van der Waals surface area contributed by atoms with Gasteiger partial charge < -0.3 is 29.8 Å². The number of ether oxygens (including phenoxy) is 2. The molecule has 0 unspecified atom stereocenters. The molecule has 1 aromatic heterocycles. The molecular weight excluding hydrogens is 677 g/mol. The molecule has 3 N–H and O–H groups in total. The molecule has 2 heterocycles. The highest BCUT2D eigenvalue weighted by Gasteiger charge is 2.31. The summed E-state index contributed by atoms with van der Waals surface area (Å²) in [5, 5.41) is 35.8. The van der Waals surface area contributed by atoms with Crippen LogP contribution in [0.4, 0.5) is 0 Å². The van der Waals surface area contributed by atoms with E-state index in [4.69, 9.17) is 9.47 Å². The van der Waals surface area contributed by atoms with E-state index in [0.717, 1.165) is 69.8 Å². The number of phenolic OH excluding ortho intramolecular Hbond substituents is 2. The third-order valence-corrected chi connectivity index (χ3v) is 11.0. The van der Waals surface area contributed by atoms with Gasteiger partial charge in [-0.1, -0.05) is 66.2 Å². The second-order valence-corrected chi connectivity index (χ2v) is 14.7. The van der Waals surface area contributed by atoms with E-state index in [0.29, 0.717) is 43.6 Å². The standard InChI is InChI=1S/C46H48N2O6/c1-53-46-40(26-34-9-6-8-33-7-2-5-12-39(33)34)35(14-16-42(46)50)25-37(23-32-18-20-48-29-32)44(52)27-43(51)36(22-31-17-19-47-28-31)21-30-13-15-41(49)45(24-30)54-38-10-3-4-11-38/h2,5-9,12-20,24,28-29,36-38,44,49-50,52H,3-4,10-11,21-23,25-27H2,1H3/t36-,37-,44+/m0/s1. The molecular formula is C46H48N2O6. The number of carbonyl (C=O) groups excluding carboxylic acids is 1. The maximum absolute atomic E-state index is 14.3. The summed E-state index contributed by atoms with van der Waals surface area (Å²) in [5.41, 5.74) is 5.71. The van der Waals surface area contributed by atoms with Crippen LogP contribution in [-0.4, -0.2) is 46.6 Å². The number of hydrogen-bond acceptors (Lipinski definition) is 7. The molecule has 1 aliphatic carbocycles. The van der Waals surface area contributed by atoms with E-state index in [2.05, 4.69) is 34.2 Å². The first-order valence-electron chi connectivity index (χ1n) is 19.0. The van der Waals surface area contributed by atoms with Crippen LogP contribution in [0.25, 0.3) is 10.8 Å². The van der Waals surface area contributed by atoms with Gasteiger partial charge >= 0.3 is 0 Å². The number of aromatic nitrogens is 1. The van der Waals surface area contributed by atoms with Crippen LogP contribution in [0, 0.1) is 18.4 Å². The SMILES string of the molecule is COc1c(O)ccc(C[C@H](Cc2cc[n-]c2)[C@H](O)CC(=O)[C@H](CC2=C[CH+]N=C2)Cc2ccc(O)c(OC3CCCC3)c2)c1Cc1cccc2ccccc12. The summed E-state index contributed by atoms with van der Waals surface area (Å²) in [4.78, 5) is 22.8. The van der Waals surface area contributed by atoms with Crippen molar-refractivity contribution in [3.05, 3.63) is 137 Å². The van der Waals surface area contributed by atoms with Gasteiger partial charge in [0.2, 0.25) is 0 Å². The fourth-order valence-corrected chi connectivity index (χ4v) is 8.09. The second kappa shape index (κ2) is 17.1. The van der Waals surface area contributed by atoms with Crippen LogP contribution in [0.15, 0.2) is 108 Å². The average Bonchev–Trinajstić information content (AvgIpc) is 3.99. The molecule has 0 bridgehead atoms. The van der Waals surface area contributed by atoms with Crippen LogP contribution in [-0.2, 0) is 30.5 Å². The molecule has 0 spiro atoms. The summed E-state index contributed by atoms with van der Waals surface area (Å²) in [6, 6.07) is 25.3. The van der Waals surface area contributed by atoms with Crippen molar-refractivity contribution in [2.75, 3.05) is 7.11 Å². The fourth-order valence-electron chi connectivity index (χ4n) is 8.09. The van der Waals surface area contributed by atoms with E-state index in [1.165, 1.54) is 0 Å². The summed E-state index contributed by atoms with van der Waals surface area (Å²) in [6.07, 6.45) is 12.9. The number of aliphatic imine (C=N–C) groups is 1. The predicted molar refractivity (Wildman–Crippen MR) is 211 cm³/mol. The van der Waals surface area contributed by atoms with Crippen LogP contribution in [0.2, 0.25) is 0 Å². The molecule has 0 amide bonds. The number of benzene rings is 4. The lowest BCUT2D eigenvalue weighted by molar-refractivity contribution is -0.125. The van der Waals surface area contributed by atoms with Gasteiger partial charge in [-0.25, -0.2) is 0 Å². The molecule has 0 radical (unpaired) electrons. The number of allylic oxidation sites excluding steroid dienone is 1. The summed E-state index contributed by atoms with van der Waals surface area (Å²) >= 11 is 0. The Labute approximate surface area is 317 Å². The Bertz CT molecular complexity index is 2110. The van der Waals surface area contributed by atoms with Crippen molar-refractivity contribution in [3.8, 4) is 23.0 Å². The maximum atomic E-state index is 14.3. The number of carbonyl (C=O) groups is 1. The Morgan fingerprint density at radius 1 is 0.907 bits per heavy atom. The number of rotatable bonds is 17. The molecule has 8 nitrogen and oxygen atoms in total. The van der Waals surface area contributed by atoms with Gasteiger partial charge in [-0.2, -0.15) is 12.4 Å². The Hall–Kier alpha value is -5.47. The Kier molecular flexibility index (Phi) is 11.7. The molecule has 1 saturated carbocycles. The Morgan fingerprint density at radius 2 is 1.72 bits per heavy atom.